The van der Waals surface area contributed by atoms with E-state index in [1.165, 1.54) is 0 Å². The molecule has 0 aliphatic carbocycles. The van der Waals surface area contributed by atoms with Crippen molar-refractivity contribution in [3.8, 4) is 11.5 Å². The molecular formula is C14H18BrClO3. The number of methoxy groups -OCH3 is 2. The number of hydrogen-bond acceptors (Lipinski definition) is 3. The molecule has 1 aliphatic heterocycles. The molecule has 0 radical (unpaired) electrons. The van der Waals surface area contributed by atoms with Crippen LogP contribution >= 0.6 is 27.5 Å². The molecule has 1 fully saturated rings. The Bertz CT molecular complexity index is 433. The Labute approximate surface area is 127 Å². The van der Waals surface area contributed by atoms with Crippen molar-refractivity contribution in [2.75, 3.05) is 20.8 Å². The average Bonchev–Trinajstić information content (AvgIpc) is 2.91. The van der Waals surface area contributed by atoms with Crippen LogP contribution in [0.15, 0.2) is 16.6 Å². The van der Waals surface area contributed by atoms with E-state index in [1.807, 2.05) is 12.1 Å². The Kier molecular flexibility index (Phi) is 5.37. The largest absolute Gasteiger partial charge is 0.495 e. The highest BCUT2D eigenvalue weighted by Crippen LogP contribution is 2.43. The molecule has 0 bridgehead atoms. The predicted molar refractivity (Wildman–Crippen MR) is 79.4 cm³/mol. The molecule has 2 unspecified atom stereocenters. The fraction of sp³-hybridized carbons (Fsp3) is 0.571. The molecule has 1 saturated heterocycles. The van der Waals surface area contributed by atoms with Crippen molar-refractivity contribution in [2.45, 2.75) is 30.7 Å². The maximum absolute atomic E-state index is 6.52. The highest BCUT2D eigenvalue weighted by Gasteiger charge is 2.24. The molecule has 2 rings (SSSR count). The molecule has 5 heteroatoms. The molecule has 0 spiro atoms. The number of ether oxygens (including phenoxy) is 3. The van der Waals surface area contributed by atoms with Gasteiger partial charge in [0.1, 0.15) is 16.0 Å². The monoisotopic (exact) mass is 348 g/mol. The van der Waals surface area contributed by atoms with Crippen LogP contribution in [0.2, 0.25) is 0 Å². The molecule has 1 heterocycles. The Morgan fingerprint density at radius 2 is 2.21 bits per heavy atom. The number of rotatable bonds is 5. The first-order valence-electron chi connectivity index (χ1n) is 6.33. The zero-order chi connectivity index (χ0) is 13.8. The third-order valence-corrected chi connectivity index (χ3v) is 4.51. The normalized spacial score (nSPS) is 20.3. The lowest BCUT2D eigenvalue weighted by Gasteiger charge is -2.19. The second kappa shape index (κ2) is 6.82. The molecule has 2 atom stereocenters. The van der Waals surface area contributed by atoms with Crippen LogP contribution in [0.25, 0.3) is 0 Å². The van der Waals surface area contributed by atoms with Crippen molar-refractivity contribution < 1.29 is 14.2 Å². The summed E-state index contributed by atoms with van der Waals surface area (Å²) >= 11 is 10.0. The fourth-order valence-electron chi connectivity index (χ4n) is 2.35. The van der Waals surface area contributed by atoms with Gasteiger partial charge in [0.2, 0.25) is 0 Å². The molecule has 1 aromatic rings. The topological polar surface area (TPSA) is 27.7 Å². The van der Waals surface area contributed by atoms with Gasteiger partial charge in [-0.1, -0.05) is 6.07 Å². The molecule has 0 aromatic heterocycles. The Hall–Kier alpha value is -0.450. The van der Waals surface area contributed by atoms with Crippen LogP contribution in [0.4, 0.5) is 0 Å². The van der Waals surface area contributed by atoms with Gasteiger partial charge in [-0.2, -0.15) is 0 Å². The molecule has 106 valence electrons. The van der Waals surface area contributed by atoms with Gasteiger partial charge < -0.3 is 14.2 Å². The van der Waals surface area contributed by atoms with Crippen LogP contribution < -0.4 is 9.47 Å². The lowest BCUT2D eigenvalue weighted by molar-refractivity contribution is 0.103. The number of halogens is 2. The summed E-state index contributed by atoms with van der Waals surface area (Å²) in [6, 6.07) is 3.85. The van der Waals surface area contributed by atoms with Crippen LogP contribution in [0.5, 0.6) is 11.5 Å². The highest BCUT2D eigenvalue weighted by molar-refractivity contribution is 9.10. The van der Waals surface area contributed by atoms with Crippen molar-refractivity contribution in [3.05, 3.63) is 22.2 Å². The fourth-order valence-corrected chi connectivity index (χ4v) is 3.41. The van der Waals surface area contributed by atoms with Crippen molar-refractivity contribution in [2.24, 2.45) is 0 Å². The van der Waals surface area contributed by atoms with Gasteiger partial charge in [-0.15, -0.1) is 11.6 Å². The maximum Gasteiger partial charge on any atom is 0.141 e. The minimum Gasteiger partial charge on any atom is -0.495 e. The Morgan fingerprint density at radius 1 is 1.42 bits per heavy atom. The van der Waals surface area contributed by atoms with Crippen LogP contribution in [0.1, 0.15) is 30.2 Å². The van der Waals surface area contributed by atoms with E-state index in [4.69, 9.17) is 25.8 Å². The van der Waals surface area contributed by atoms with Crippen LogP contribution in [-0.4, -0.2) is 26.9 Å². The van der Waals surface area contributed by atoms with Crippen molar-refractivity contribution >= 4 is 27.5 Å². The molecule has 0 N–H and O–H groups in total. The van der Waals surface area contributed by atoms with Gasteiger partial charge >= 0.3 is 0 Å². The lowest BCUT2D eigenvalue weighted by Crippen LogP contribution is -2.09. The summed E-state index contributed by atoms with van der Waals surface area (Å²) in [6.45, 7) is 0.845. The average molecular weight is 350 g/mol. The van der Waals surface area contributed by atoms with E-state index < -0.39 is 0 Å². The number of benzene rings is 1. The van der Waals surface area contributed by atoms with E-state index in [9.17, 15) is 0 Å². The SMILES string of the molecule is COc1ccc(C(Cl)CC2CCCO2)c(OC)c1Br. The molecule has 0 amide bonds. The maximum atomic E-state index is 6.52. The summed E-state index contributed by atoms with van der Waals surface area (Å²) in [6.07, 6.45) is 3.27. The van der Waals surface area contributed by atoms with E-state index in [1.54, 1.807) is 14.2 Å². The molecule has 1 aliphatic rings. The van der Waals surface area contributed by atoms with Crippen molar-refractivity contribution in [1.82, 2.24) is 0 Å². The zero-order valence-corrected chi connectivity index (χ0v) is 13.5. The smallest absolute Gasteiger partial charge is 0.141 e. The van der Waals surface area contributed by atoms with Gasteiger partial charge in [-0.3, -0.25) is 0 Å². The van der Waals surface area contributed by atoms with Gasteiger partial charge in [-0.05, 0) is 41.3 Å². The molecular weight excluding hydrogens is 332 g/mol. The third kappa shape index (κ3) is 3.36. The summed E-state index contributed by atoms with van der Waals surface area (Å²) in [4.78, 5) is 0. The van der Waals surface area contributed by atoms with Gasteiger partial charge in [0, 0.05) is 12.2 Å². The van der Waals surface area contributed by atoms with Gasteiger partial charge in [0.05, 0.1) is 25.7 Å². The van der Waals surface area contributed by atoms with Crippen molar-refractivity contribution in [3.63, 3.8) is 0 Å². The first-order valence-corrected chi connectivity index (χ1v) is 7.56. The zero-order valence-electron chi connectivity index (χ0n) is 11.1. The predicted octanol–water partition coefficient (Wildman–Crippen LogP) is 4.32. The van der Waals surface area contributed by atoms with E-state index in [0.717, 1.165) is 47.4 Å². The number of alkyl halides is 1. The van der Waals surface area contributed by atoms with Crippen LogP contribution in [0.3, 0.4) is 0 Å². The summed E-state index contributed by atoms with van der Waals surface area (Å²) in [7, 11) is 3.27. The second-order valence-corrected chi connectivity index (χ2v) is 5.86. The Balaban J connectivity index is 2.20. The second-order valence-electron chi connectivity index (χ2n) is 4.54. The van der Waals surface area contributed by atoms with Gasteiger partial charge in [0.25, 0.3) is 0 Å². The van der Waals surface area contributed by atoms with Crippen LogP contribution in [0, 0.1) is 0 Å². The molecule has 3 nitrogen and oxygen atoms in total. The molecule has 19 heavy (non-hydrogen) atoms. The van der Waals surface area contributed by atoms with E-state index in [0.29, 0.717) is 0 Å². The minimum absolute atomic E-state index is 0.125. The summed E-state index contributed by atoms with van der Waals surface area (Å²) in [5.74, 6) is 1.47. The van der Waals surface area contributed by atoms with Crippen LogP contribution in [-0.2, 0) is 4.74 Å². The molecule has 0 saturated carbocycles. The van der Waals surface area contributed by atoms with Crippen molar-refractivity contribution in [1.29, 1.82) is 0 Å². The van der Waals surface area contributed by atoms with E-state index in [2.05, 4.69) is 15.9 Å². The summed E-state index contributed by atoms with van der Waals surface area (Å²) in [5, 5.41) is -0.125. The summed E-state index contributed by atoms with van der Waals surface area (Å²) in [5.41, 5.74) is 0.965. The number of hydrogen-bond donors (Lipinski definition) is 0. The first-order chi connectivity index (χ1) is 9.17. The first kappa shape index (κ1) is 14.9. The van der Waals surface area contributed by atoms with E-state index >= 15 is 0 Å². The van der Waals surface area contributed by atoms with Gasteiger partial charge in [0.15, 0.2) is 0 Å². The highest BCUT2D eigenvalue weighted by atomic mass is 79.9. The van der Waals surface area contributed by atoms with Gasteiger partial charge in [-0.25, -0.2) is 0 Å². The quantitative estimate of drug-likeness (QED) is 0.741. The minimum atomic E-state index is -0.125. The summed E-state index contributed by atoms with van der Waals surface area (Å²) < 4.78 is 17.1. The Morgan fingerprint density at radius 3 is 2.79 bits per heavy atom. The van der Waals surface area contributed by atoms with E-state index in [-0.39, 0.29) is 11.5 Å². The third-order valence-electron chi connectivity index (χ3n) is 3.35. The lowest BCUT2D eigenvalue weighted by atomic mass is 10.0. The molecule has 1 aromatic carbocycles. The standard InChI is InChI=1S/C14H18BrClO3/c1-17-12-6-5-10(14(18-2)13(12)15)11(16)8-9-4-3-7-19-9/h5-6,9,11H,3-4,7-8H2,1-2H3.